The second kappa shape index (κ2) is 9.17. The molecule has 1 saturated carbocycles. The van der Waals surface area contributed by atoms with Gasteiger partial charge in [-0.2, -0.15) is 0 Å². The van der Waals surface area contributed by atoms with E-state index in [0.29, 0.717) is 24.6 Å². The van der Waals surface area contributed by atoms with Crippen molar-refractivity contribution in [3.63, 3.8) is 0 Å². The van der Waals surface area contributed by atoms with Crippen LogP contribution < -0.4 is 16.4 Å². The second-order valence-corrected chi connectivity index (χ2v) is 10.7. The summed E-state index contributed by atoms with van der Waals surface area (Å²) in [5.74, 6) is 1.09. The first-order valence-electron chi connectivity index (χ1n) is 13.5. The van der Waals surface area contributed by atoms with Gasteiger partial charge in [0.05, 0.1) is 11.3 Å². The summed E-state index contributed by atoms with van der Waals surface area (Å²) >= 11 is 0. The van der Waals surface area contributed by atoms with Crippen LogP contribution in [-0.2, 0) is 5.54 Å². The molecule has 39 heavy (non-hydrogen) atoms. The molecule has 8 heteroatoms. The summed E-state index contributed by atoms with van der Waals surface area (Å²) in [4.78, 5) is 16.4. The van der Waals surface area contributed by atoms with Crippen molar-refractivity contribution in [2.24, 2.45) is 5.73 Å². The normalized spacial score (nSPS) is 18.4. The minimum atomic E-state index is -0.777. The number of nitrogen functional groups attached to an aromatic ring is 1. The maximum absolute atomic E-state index is 13.9. The molecule has 1 aliphatic heterocycles. The van der Waals surface area contributed by atoms with Crippen LogP contribution in [0.1, 0.15) is 31.2 Å². The zero-order valence-electron chi connectivity index (χ0n) is 21.6. The maximum Gasteiger partial charge on any atom is 0.165 e. The second-order valence-electron chi connectivity index (χ2n) is 10.7. The fourth-order valence-electron chi connectivity index (χ4n) is 5.75. The van der Waals surface area contributed by atoms with Crippen molar-refractivity contribution in [1.82, 2.24) is 19.5 Å². The van der Waals surface area contributed by atoms with Crippen molar-refractivity contribution in [1.29, 1.82) is 0 Å². The molecule has 2 aromatic carbocycles. The number of aromatic nitrogens is 4. The van der Waals surface area contributed by atoms with E-state index in [-0.39, 0.29) is 5.54 Å². The predicted octanol–water partition coefficient (Wildman–Crippen LogP) is 5.62. The lowest BCUT2D eigenvalue weighted by Gasteiger charge is -2.38. The zero-order chi connectivity index (χ0) is 26.6. The van der Waals surface area contributed by atoms with Crippen LogP contribution in [-0.4, -0.2) is 38.8 Å². The molecule has 4 heterocycles. The summed E-state index contributed by atoms with van der Waals surface area (Å²) in [5, 5.41) is 0. The predicted molar refractivity (Wildman–Crippen MR) is 153 cm³/mol. The SMILES string of the molecule is Nc1ncccc1-c1nc2ccc(-c3cccc(N4CCC(F)C4)c3)nc2n1-c1ccc(C2(N)CCC2)cc1. The lowest BCUT2D eigenvalue weighted by atomic mass is 9.73. The summed E-state index contributed by atoms with van der Waals surface area (Å²) < 4.78 is 15.9. The van der Waals surface area contributed by atoms with Gasteiger partial charge >= 0.3 is 0 Å². The van der Waals surface area contributed by atoms with Gasteiger partial charge < -0.3 is 16.4 Å². The van der Waals surface area contributed by atoms with Gasteiger partial charge in [0, 0.05) is 41.8 Å². The van der Waals surface area contributed by atoms with E-state index in [1.54, 1.807) is 6.20 Å². The van der Waals surface area contributed by atoms with E-state index >= 15 is 0 Å². The number of halogens is 1. The Kier molecular flexibility index (Phi) is 5.59. The quantitative estimate of drug-likeness (QED) is 0.313. The lowest BCUT2D eigenvalue weighted by Crippen LogP contribution is -2.43. The fourth-order valence-corrected chi connectivity index (χ4v) is 5.75. The molecule has 3 aromatic heterocycles. The molecule has 0 spiro atoms. The highest BCUT2D eigenvalue weighted by atomic mass is 19.1. The van der Waals surface area contributed by atoms with Gasteiger partial charge in [-0.15, -0.1) is 0 Å². The Morgan fingerprint density at radius 1 is 0.923 bits per heavy atom. The van der Waals surface area contributed by atoms with Gasteiger partial charge in [0.1, 0.15) is 17.5 Å². The van der Waals surface area contributed by atoms with Crippen molar-refractivity contribution in [3.8, 4) is 28.3 Å². The van der Waals surface area contributed by atoms with Crippen LogP contribution in [0.4, 0.5) is 15.9 Å². The molecule has 0 radical (unpaired) electrons. The van der Waals surface area contributed by atoms with Crippen LogP contribution in [0.25, 0.3) is 39.5 Å². The van der Waals surface area contributed by atoms with Gasteiger partial charge in [0.15, 0.2) is 11.5 Å². The molecule has 1 saturated heterocycles. The van der Waals surface area contributed by atoms with Gasteiger partial charge in [-0.25, -0.2) is 19.3 Å². The number of imidazole rings is 1. The third kappa shape index (κ3) is 4.12. The molecular formula is C31H30FN7. The molecule has 0 amide bonds. The molecule has 0 bridgehead atoms. The van der Waals surface area contributed by atoms with Crippen molar-refractivity contribution in [2.45, 2.75) is 37.4 Å². The zero-order valence-corrected chi connectivity index (χ0v) is 21.6. The first-order chi connectivity index (χ1) is 19.0. The van der Waals surface area contributed by atoms with Crippen LogP contribution in [0.3, 0.4) is 0 Å². The van der Waals surface area contributed by atoms with Crippen molar-refractivity contribution < 1.29 is 4.39 Å². The third-order valence-corrected chi connectivity index (χ3v) is 8.17. The molecule has 2 aliphatic rings. The monoisotopic (exact) mass is 519 g/mol. The molecule has 5 aromatic rings. The van der Waals surface area contributed by atoms with Crippen LogP contribution in [0.15, 0.2) is 79.0 Å². The Bertz CT molecular complexity index is 1670. The maximum atomic E-state index is 13.9. The number of hydrogen-bond acceptors (Lipinski definition) is 6. The summed E-state index contributed by atoms with van der Waals surface area (Å²) in [7, 11) is 0. The number of nitrogens with zero attached hydrogens (tertiary/aromatic N) is 5. The third-order valence-electron chi connectivity index (χ3n) is 8.17. The summed E-state index contributed by atoms with van der Waals surface area (Å²) in [6.07, 6.45) is 4.64. The molecule has 1 atom stereocenters. The number of rotatable bonds is 5. The Balaban J connectivity index is 1.36. The molecule has 7 nitrogen and oxygen atoms in total. The standard InChI is InChI=1S/C31H30FN7/c32-22-13-17-38(19-22)24-5-1-4-20(18-24)26-11-12-27-30(36-26)39(29(37-27)25-6-2-16-35-28(25)33)23-9-7-21(8-10-23)31(34)14-3-15-31/h1-2,4-12,16,18,22H,3,13-15,17,19,34H2,(H2,33,35). The van der Waals surface area contributed by atoms with Crippen LogP contribution in [0.2, 0.25) is 0 Å². The highest BCUT2D eigenvalue weighted by molar-refractivity contribution is 5.84. The Labute approximate surface area is 226 Å². The van der Waals surface area contributed by atoms with E-state index in [1.165, 1.54) is 0 Å². The van der Waals surface area contributed by atoms with Gasteiger partial charge in [-0.3, -0.25) is 4.57 Å². The Morgan fingerprint density at radius 3 is 2.49 bits per heavy atom. The number of anilines is 2. The highest BCUT2D eigenvalue weighted by Gasteiger charge is 2.34. The first-order valence-corrected chi connectivity index (χ1v) is 13.5. The number of benzene rings is 2. The van der Waals surface area contributed by atoms with Crippen molar-refractivity contribution in [2.75, 3.05) is 23.7 Å². The van der Waals surface area contributed by atoms with Gasteiger partial charge in [0.25, 0.3) is 0 Å². The minimum absolute atomic E-state index is 0.236. The van der Waals surface area contributed by atoms with E-state index in [0.717, 1.165) is 70.7 Å². The average molecular weight is 520 g/mol. The summed E-state index contributed by atoms with van der Waals surface area (Å²) in [5.41, 5.74) is 19.7. The molecule has 196 valence electrons. The van der Waals surface area contributed by atoms with E-state index in [4.69, 9.17) is 21.4 Å². The molecule has 4 N–H and O–H groups in total. The fraction of sp³-hybridized carbons (Fsp3) is 0.258. The van der Waals surface area contributed by atoms with Crippen molar-refractivity contribution >= 4 is 22.7 Å². The topological polar surface area (TPSA) is 98.9 Å². The highest BCUT2D eigenvalue weighted by Crippen LogP contribution is 2.39. The number of alkyl halides is 1. The van der Waals surface area contributed by atoms with E-state index < -0.39 is 6.17 Å². The van der Waals surface area contributed by atoms with E-state index in [9.17, 15) is 4.39 Å². The number of fused-ring (bicyclic) bond motifs is 1. The van der Waals surface area contributed by atoms with Gasteiger partial charge in [-0.1, -0.05) is 24.3 Å². The van der Waals surface area contributed by atoms with Crippen LogP contribution in [0, 0.1) is 0 Å². The molecule has 1 unspecified atom stereocenters. The van der Waals surface area contributed by atoms with Gasteiger partial charge in [0.2, 0.25) is 0 Å². The smallest absolute Gasteiger partial charge is 0.165 e. The molecule has 2 fully saturated rings. The van der Waals surface area contributed by atoms with Crippen LogP contribution in [0.5, 0.6) is 0 Å². The van der Waals surface area contributed by atoms with E-state index in [1.807, 2.05) is 47.0 Å². The largest absolute Gasteiger partial charge is 0.383 e. The summed E-state index contributed by atoms with van der Waals surface area (Å²) in [6, 6.07) is 24.3. The average Bonchev–Trinajstić information content (AvgIpc) is 3.55. The van der Waals surface area contributed by atoms with Crippen LogP contribution >= 0.6 is 0 Å². The molecule has 1 aliphatic carbocycles. The van der Waals surface area contributed by atoms with Crippen molar-refractivity contribution in [3.05, 3.63) is 84.6 Å². The van der Waals surface area contributed by atoms with E-state index in [2.05, 4.69) is 40.2 Å². The molecule has 7 rings (SSSR count). The minimum Gasteiger partial charge on any atom is -0.383 e. The lowest BCUT2D eigenvalue weighted by molar-refractivity contribution is 0.253. The van der Waals surface area contributed by atoms with Gasteiger partial charge in [-0.05, 0) is 79.8 Å². The Morgan fingerprint density at radius 2 is 1.77 bits per heavy atom. The number of hydrogen-bond donors (Lipinski definition) is 2. The molecular weight excluding hydrogens is 489 g/mol. The Hall–Kier alpha value is -4.30. The number of nitrogens with two attached hydrogens (primary N) is 2. The first kappa shape index (κ1) is 23.8. The number of pyridine rings is 2. The summed E-state index contributed by atoms with van der Waals surface area (Å²) in [6.45, 7) is 1.15.